The molecule has 1 aromatic carbocycles. The van der Waals surface area contributed by atoms with Gasteiger partial charge in [-0.05, 0) is 38.0 Å². The Morgan fingerprint density at radius 3 is 2.85 bits per heavy atom. The van der Waals surface area contributed by atoms with Crippen LogP contribution in [0.4, 0.5) is 5.69 Å². The molecule has 2 rings (SSSR count). The summed E-state index contributed by atoms with van der Waals surface area (Å²) in [5.41, 5.74) is 0.961. The van der Waals surface area contributed by atoms with E-state index in [9.17, 15) is 14.7 Å². The van der Waals surface area contributed by atoms with E-state index in [1.54, 1.807) is 18.7 Å². The van der Waals surface area contributed by atoms with Gasteiger partial charge in [-0.2, -0.15) is 0 Å². The molecule has 1 aliphatic heterocycles. The van der Waals surface area contributed by atoms with E-state index in [-0.39, 0.29) is 5.91 Å². The van der Waals surface area contributed by atoms with Gasteiger partial charge in [0.1, 0.15) is 0 Å². The Bertz CT molecular complexity index is 526. The molecule has 1 amide bonds. The highest BCUT2D eigenvalue weighted by Gasteiger charge is 2.28. The number of hydrogen-bond donors (Lipinski definition) is 2. The number of hydrogen-bond acceptors (Lipinski definition) is 3. The van der Waals surface area contributed by atoms with Gasteiger partial charge in [-0.25, -0.2) is 0 Å². The van der Waals surface area contributed by atoms with Crippen LogP contribution in [0.25, 0.3) is 0 Å². The number of carbonyl (C=O) groups is 2. The summed E-state index contributed by atoms with van der Waals surface area (Å²) in [5.74, 6) is -0.771. The molecule has 0 bridgehead atoms. The van der Waals surface area contributed by atoms with E-state index in [0.717, 1.165) is 17.8 Å². The van der Waals surface area contributed by atoms with Crippen LogP contribution in [0.15, 0.2) is 24.3 Å². The quantitative estimate of drug-likeness (QED) is 0.869. The lowest BCUT2D eigenvalue weighted by Crippen LogP contribution is -2.48. The number of carbonyl (C=O) groups excluding carboxylic acids is 1. The maximum Gasteiger partial charge on any atom is 0.309 e. The van der Waals surface area contributed by atoms with Crippen LogP contribution in [-0.2, 0) is 16.0 Å². The monoisotopic (exact) mass is 276 g/mol. The Morgan fingerprint density at radius 2 is 2.20 bits per heavy atom. The maximum absolute atomic E-state index is 11.9. The van der Waals surface area contributed by atoms with Gasteiger partial charge in [0, 0.05) is 18.8 Å². The van der Waals surface area contributed by atoms with Gasteiger partial charge in [0.05, 0.1) is 12.0 Å². The Balaban J connectivity index is 2.19. The molecule has 0 saturated carbocycles. The molecule has 0 unspecified atom stereocenters. The summed E-state index contributed by atoms with van der Waals surface area (Å²) in [7, 11) is 0. The maximum atomic E-state index is 11.9. The second-order valence-corrected chi connectivity index (χ2v) is 5.76. The molecule has 1 saturated heterocycles. The fourth-order valence-corrected chi connectivity index (χ4v) is 2.30. The zero-order chi connectivity index (χ0) is 14.8. The average molecular weight is 276 g/mol. The van der Waals surface area contributed by atoms with Crippen molar-refractivity contribution in [2.75, 3.05) is 24.5 Å². The predicted octanol–water partition coefficient (Wildman–Crippen LogP) is 1.28. The zero-order valence-electron chi connectivity index (χ0n) is 11.8. The molecule has 0 atom stereocenters. The number of carboxylic acids is 1. The van der Waals surface area contributed by atoms with Crippen LogP contribution in [0.2, 0.25) is 0 Å². The molecule has 5 nitrogen and oxygen atoms in total. The number of amides is 1. The van der Waals surface area contributed by atoms with Gasteiger partial charge in [0.15, 0.2) is 0 Å². The summed E-state index contributed by atoms with van der Waals surface area (Å²) in [5, 5.41) is 12.2. The lowest BCUT2D eigenvalue weighted by atomic mass is 9.86. The second-order valence-electron chi connectivity index (χ2n) is 5.76. The number of aliphatic carboxylic acids is 1. The van der Waals surface area contributed by atoms with Crippen LogP contribution in [0.3, 0.4) is 0 Å². The van der Waals surface area contributed by atoms with Crippen LogP contribution in [0.1, 0.15) is 19.4 Å². The molecule has 1 heterocycles. The SMILES string of the molecule is CC(C)(Cc1cccc(N2CCNCC2=O)c1)C(=O)O. The Hall–Kier alpha value is -1.88. The highest BCUT2D eigenvalue weighted by atomic mass is 16.4. The van der Waals surface area contributed by atoms with Crippen molar-refractivity contribution >= 4 is 17.6 Å². The fraction of sp³-hybridized carbons (Fsp3) is 0.467. The van der Waals surface area contributed by atoms with E-state index in [0.29, 0.717) is 19.5 Å². The number of nitrogens with zero attached hydrogens (tertiary/aromatic N) is 1. The number of carboxylic acid groups (broad SMARTS) is 1. The molecule has 0 spiro atoms. The van der Waals surface area contributed by atoms with Crippen molar-refractivity contribution < 1.29 is 14.7 Å². The van der Waals surface area contributed by atoms with Crippen molar-refractivity contribution in [2.45, 2.75) is 20.3 Å². The fourth-order valence-electron chi connectivity index (χ4n) is 2.30. The Kier molecular flexibility index (Phi) is 4.09. The third kappa shape index (κ3) is 3.17. The van der Waals surface area contributed by atoms with Crippen molar-refractivity contribution in [3.8, 4) is 0 Å². The summed E-state index contributed by atoms with van der Waals surface area (Å²) in [6, 6.07) is 7.58. The minimum absolute atomic E-state index is 0.0471. The van der Waals surface area contributed by atoms with Gasteiger partial charge in [0.25, 0.3) is 0 Å². The molecule has 5 heteroatoms. The normalized spacial score (nSPS) is 16.3. The molecule has 20 heavy (non-hydrogen) atoms. The van der Waals surface area contributed by atoms with E-state index in [2.05, 4.69) is 5.32 Å². The van der Waals surface area contributed by atoms with E-state index in [1.807, 2.05) is 24.3 Å². The highest BCUT2D eigenvalue weighted by molar-refractivity contribution is 5.95. The Labute approximate surface area is 118 Å². The topological polar surface area (TPSA) is 69.6 Å². The van der Waals surface area contributed by atoms with Gasteiger partial charge >= 0.3 is 5.97 Å². The van der Waals surface area contributed by atoms with Crippen molar-refractivity contribution in [3.05, 3.63) is 29.8 Å². The van der Waals surface area contributed by atoms with Gasteiger partial charge < -0.3 is 15.3 Å². The molecule has 1 aliphatic rings. The summed E-state index contributed by atoms with van der Waals surface area (Å²) in [6.07, 6.45) is 0.441. The van der Waals surface area contributed by atoms with Gasteiger partial charge in [-0.15, -0.1) is 0 Å². The molecular weight excluding hydrogens is 256 g/mol. The van der Waals surface area contributed by atoms with Gasteiger partial charge in [-0.3, -0.25) is 9.59 Å². The van der Waals surface area contributed by atoms with E-state index < -0.39 is 11.4 Å². The van der Waals surface area contributed by atoms with Crippen LogP contribution >= 0.6 is 0 Å². The standard InChI is InChI=1S/C15H20N2O3/c1-15(2,14(19)20)9-11-4-3-5-12(8-11)17-7-6-16-10-13(17)18/h3-5,8,16H,6-7,9-10H2,1-2H3,(H,19,20). The number of nitrogens with one attached hydrogen (secondary N) is 1. The second kappa shape index (κ2) is 5.63. The van der Waals surface area contributed by atoms with Crippen LogP contribution in [-0.4, -0.2) is 36.6 Å². The molecule has 108 valence electrons. The lowest BCUT2D eigenvalue weighted by Gasteiger charge is -2.28. The largest absolute Gasteiger partial charge is 0.481 e. The number of rotatable bonds is 4. The lowest BCUT2D eigenvalue weighted by molar-refractivity contribution is -0.146. The minimum atomic E-state index is -0.818. The van der Waals surface area contributed by atoms with Crippen molar-refractivity contribution in [2.24, 2.45) is 5.41 Å². The van der Waals surface area contributed by atoms with E-state index in [4.69, 9.17) is 0 Å². The first kappa shape index (κ1) is 14.5. The number of piperazine rings is 1. The number of benzene rings is 1. The number of anilines is 1. The van der Waals surface area contributed by atoms with Crippen molar-refractivity contribution in [1.29, 1.82) is 0 Å². The molecule has 0 aromatic heterocycles. The van der Waals surface area contributed by atoms with E-state index >= 15 is 0 Å². The van der Waals surface area contributed by atoms with Crippen LogP contribution in [0.5, 0.6) is 0 Å². The van der Waals surface area contributed by atoms with Crippen molar-refractivity contribution in [1.82, 2.24) is 5.32 Å². The molecule has 2 N–H and O–H groups in total. The molecule has 0 radical (unpaired) electrons. The summed E-state index contributed by atoms with van der Waals surface area (Å²) in [4.78, 5) is 24.8. The Morgan fingerprint density at radius 1 is 1.45 bits per heavy atom. The zero-order valence-corrected chi connectivity index (χ0v) is 11.8. The summed E-state index contributed by atoms with van der Waals surface area (Å²) >= 11 is 0. The van der Waals surface area contributed by atoms with Crippen molar-refractivity contribution in [3.63, 3.8) is 0 Å². The molecular formula is C15H20N2O3. The first-order valence-electron chi connectivity index (χ1n) is 6.73. The van der Waals surface area contributed by atoms with Crippen LogP contribution < -0.4 is 10.2 Å². The molecule has 0 aliphatic carbocycles. The third-order valence-electron chi connectivity index (χ3n) is 3.54. The molecule has 1 fully saturated rings. The minimum Gasteiger partial charge on any atom is -0.481 e. The smallest absolute Gasteiger partial charge is 0.309 e. The predicted molar refractivity (Wildman–Crippen MR) is 76.8 cm³/mol. The summed E-state index contributed by atoms with van der Waals surface area (Å²) in [6.45, 7) is 5.18. The molecule has 1 aromatic rings. The van der Waals surface area contributed by atoms with Gasteiger partial charge in [-0.1, -0.05) is 12.1 Å². The van der Waals surface area contributed by atoms with E-state index in [1.165, 1.54) is 0 Å². The van der Waals surface area contributed by atoms with Crippen LogP contribution in [0, 0.1) is 5.41 Å². The van der Waals surface area contributed by atoms with Gasteiger partial charge in [0.2, 0.25) is 5.91 Å². The first-order valence-corrected chi connectivity index (χ1v) is 6.73. The summed E-state index contributed by atoms with van der Waals surface area (Å²) < 4.78 is 0. The third-order valence-corrected chi connectivity index (χ3v) is 3.54. The highest BCUT2D eigenvalue weighted by Crippen LogP contribution is 2.25. The first-order chi connectivity index (χ1) is 9.40. The average Bonchev–Trinajstić information content (AvgIpc) is 2.39.